The highest BCUT2D eigenvalue weighted by Gasteiger charge is 2.22. The standard InChI is InChI=1S/C14H21NO3S/c1-3-4-10-15(11-5-12-16)19(17,18)14-8-6-13(2)7-9-14/h3-4,6-9,16H,5,10-12H2,1-2H3/b4-3-. The summed E-state index contributed by atoms with van der Waals surface area (Å²) in [5.74, 6) is 0. The summed E-state index contributed by atoms with van der Waals surface area (Å²) in [5.41, 5.74) is 1.02. The van der Waals surface area contributed by atoms with E-state index in [4.69, 9.17) is 5.11 Å². The minimum atomic E-state index is -3.49. The Kier molecular flexibility index (Phi) is 6.21. The summed E-state index contributed by atoms with van der Waals surface area (Å²) in [6.07, 6.45) is 4.04. The highest BCUT2D eigenvalue weighted by Crippen LogP contribution is 2.16. The second kappa shape index (κ2) is 7.43. The third kappa shape index (κ3) is 4.45. The van der Waals surface area contributed by atoms with Gasteiger partial charge in [0.2, 0.25) is 10.0 Å². The molecule has 1 aromatic rings. The fraction of sp³-hybridized carbons (Fsp3) is 0.429. The molecule has 106 valence electrons. The number of aryl methyl sites for hydroxylation is 1. The van der Waals surface area contributed by atoms with Gasteiger partial charge in [0.05, 0.1) is 4.90 Å². The Hall–Kier alpha value is -1.17. The summed E-state index contributed by atoms with van der Waals surface area (Å²) in [4.78, 5) is 0.292. The molecule has 0 amide bonds. The monoisotopic (exact) mass is 283 g/mol. The van der Waals surface area contributed by atoms with Gasteiger partial charge in [-0.3, -0.25) is 0 Å². The van der Waals surface area contributed by atoms with Crippen LogP contribution in [0.1, 0.15) is 18.9 Å². The number of nitrogens with zero attached hydrogens (tertiary/aromatic N) is 1. The molecule has 0 fully saturated rings. The summed E-state index contributed by atoms with van der Waals surface area (Å²) in [6, 6.07) is 6.80. The molecule has 0 atom stereocenters. The van der Waals surface area contributed by atoms with Crippen molar-refractivity contribution in [2.24, 2.45) is 0 Å². The van der Waals surface area contributed by atoms with Crippen LogP contribution < -0.4 is 0 Å². The molecule has 0 radical (unpaired) electrons. The average molecular weight is 283 g/mol. The zero-order chi connectivity index (χ0) is 14.3. The zero-order valence-corrected chi connectivity index (χ0v) is 12.2. The average Bonchev–Trinajstić information content (AvgIpc) is 2.39. The number of aliphatic hydroxyl groups is 1. The summed E-state index contributed by atoms with van der Waals surface area (Å²) >= 11 is 0. The van der Waals surface area contributed by atoms with Crippen molar-refractivity contribution < 1.29 is 13.5 Å². The van der Waals surface area contributed by atoms with E-state index >= 15 is 0 Å². The Balaban J connectivity index is 3.00. The maximum absolute atomic E-state index is 12.5. The lowest BCUT2D eigenvalue weighted by Gasteiger charge is -2.20. The Morgan fingerprint density at radius 1 is 1.26 bits per heavy atom. The first-order valence-corrected chi connectivity index (χ1v) is 7.75. The maximum Gasteiger partial charge on any atom is 0.243 e. The molecule has 1 N–H and O–H groups in total. The first-order chi connectivity index (χ1) is 9.02. The minimum Gasteiger partial charge on any atom is -0.396 e. The number of rotatable bonds is 7. The van der Waals surface area contributed by atoms with Gasteiger partial charge in [0.15, 0.2) is 0 Å². The first kappa shape index (κ1) is 15.9. The topological polar surface area (TPSA) is 57.6 Å². The SMILES string of the molecule is C/C=C\CN(CCCO)S(=O)(=O)c1ccc(C)cc1. The van der Waals surface area contributed by atoms with Crippen LogP contribution >= 0.6 is 0 Å². The molecular weight excluding hydrogens is 262 g/mol. The summed E-state index contributed by atoms with van der Waals surface area (Å²) in [5, 5.41) is 8.87. The lowest BCUT2D eigenvalue weighted by atomic mass is 10.2. The normalized spacial score (nSPS) is 12.4. The van der Waals surface area contributed by atoms with Crippen molar-refractivity contribution in [3.05, 3.63) is 42.0 Å². The van der Waals surface area contributed by atoms with E-state index < -0.39 is 10.0 Å². The third-order valence-electron chi connectivity index (χ3n) is 2.77. The molecule has 1 aromatic carbocycles. The van der Waals surface area contributed by atoms with Crippen LogP contribution in [0.2, 0.25) is 0 Å². The van der Waals surface area contributed by atoms with Gasteiger partial charge in [0, 0.05) is 19.7 Å². The molecule has 0 unspecified atom stereocenters. The number of benzene rings is 1. The van der Waals surface area contributed by atoms with Crippen molar-refractivity contribution in [1.29, 1.82) is 0 Å². The highest BCUT2D eigenvalue weighted by atomic mass is 32.2. The quantitative estimate of drug-likeness (QED) is 0.778. The predicted octanol–water partition coefficient (Wildman–Crippen LogP) is 1.94. The zero-order valence-electron chi connectivity index (χ0n) is 11.4. The van der Waals surface area contributed by atoms with Crippen molar-refractivity contribution in [1.82, 2.24) is 4.31 Å². The second-order valence-electron chi connectivity index (χ2n) is 4.32. The van der Waals surface area contributed by atoms with Gasteiger partial charge in [-0.15, -0.1) is 0 Å². The van der Waals surface area contributed by atoms with Crippen molar-refractivity contribution in [3.63, 3.8) is 0 Å². The van der Waals surface area contributed by atoms with Crippen LogP contribution in [-0.2, 0) is 10.0 Å². The van der Waals surface area contributed by atoms with Crippen molar-refractivity contribution in [2.45, 2.75) is 25.2 Å². The number of hydrogen-bond donors (Lipinski definition) is 1. The molecule has 0 saturated heterocycles. The first-order valence-electron chi connectivity index (χ1n) is 6.31. The summed E-state index contributed by atoms with van der Waals surface area (Å²) in [6.45, 7) is 4.39. The van der Waals surface area contributed by atoms with E-state index in [9.17, 15) is 8.42 Å². The Bertz CT molecular complexity index is 506. The van der Waals surface area contributed by atoms with Gasteiger partial charge in [-0.05, 0) is 32.4 Å². The lowest BCUT2D eigenvalue weighted by molar-refractivity contribution is 0.272. The molecule has 0 saturated carbocycles. The van der Waals surface area contributed by atoms with Gasteiger partial charge in [-0.25, -0.2) is 8.42 Å². The van der Waals surface area contributed by atoms with Gasteiger partial charge >= 0.3 is 0 Å². The van der Waals surface area contributed by atoms with Crippen LogP contribution in [0.5, 0.6) is 0 Å². The molecule has 0 aliphatic carbocycles. The fourth-order valence-electron chi connectivity index (χ4n) is 1.64. The van der Waals surface area contributed by atoms with Crippen LogP contribution in [0.25, 0.3) is 0 Å². The fourth-order valence-corrected chi connectivity index (χ4v) is 3.07. The van der Waals surface area contributed by atoms with Crippen LogP contribution in [0, 0.1) is 6.92 Å². The van der Waals surface area contributed by atoms with E-state index in [-0.39, 0.29) is 6.61 Å². The van der Waals surface area contributed by atoms with Gasteiger partial charge in [-0.2, -0.15) is 4.31 Å². The molecule has 0 aliphatic heterocycles. The Morgan fingerprint density at radius 3 is 2.42 bits per heavy atom. The highest BCUT2D eigenvalue weighted by molar-refractivity contribution is 7.89. The number of sulfonamides is 1. The summed E-state index contributed by atoms with van der Waals surface area (Å²) < 4.78 is 26.3. The molecule has 0 aliphatic rings. The number of allylic oxidation sites excluding steroid dienone is 1. The molecule has 5 heteroatoms. The van der Waals surface area contributed by atoms with Crippen molar-refractivity contribution in [3.8, 4) is 0 Å². The van der Waals surface area contributed by atoms with E-state index in [1.807, 2.05) is 19.9 Å². The van der Waals surface area contributed by atoms with E-state index in [2.05, 4.69) is 0 Å². The lowest BCUT2D eigenvalue weighted by Crippen LogP contribution is -2.32. The third-order valence-corrected chi connectivity index (χ3v) is 4.65. The molecule has 0 bridgehead atoms. The summed E-state index contributed by atoms with van der Waals surface area (Å²) in [7, 11) is -3.49. The maximum atomic E-state index is 12.5. The largest absolute Gasteiger partial charge is 0.396 e. The Morgan fingerprint density at radius 2 is 1.89 bits per heavy atom. The van der Waals surface area contributed by atoms with Gasteiger partial charge < -0.3 is 5.11 Å². The number of hydrogen-bond acceptors (Lipinski definition) is 3. The van der Waals surface area contributed by atoms with Crippen molar-refractivity contribution in [2.75, 3.05) is 19.7 Å². The molecule has 0 aromatic heterocycles. The van der Waals surface area contributed by atoms with Crippen LogP contribution in [-0.4, -0.2) is 37.5 Å². The van der Waals surface area contributed by atoms with Crippen LogP contribution in [0.4, 0.5) is 0 Å². The van der Waals surface area contributed by atoms with E-state index in [1.165, 1.54) is 4.31 Å². The van der Waals surface area contributed by atoms with Gasteiger partial charge in [0.1, 0.15) is 0 Å². The van der Waals surface area contributed by atoms with Gasteiger partial charge in [0.25, 0.3) is 0 Å². The minimum absolute atomic E-state index is 0.0181. The molecule has 4 nitrogen and oxygen atoms in total. The number of aliphatic hydroxyl groups excluding tert-OH is 1. The van der Waals surface area contributed by atoms with Crippen LogP contribution in [0.15, 0.2) is 41.3 Å². The van der Waals surface area contributed by atoms with E-state index in [0.29, 0.717) is 24.4 Å². The molecular formula is C14H21NO3S. The van der Waals surface area contributed by atoms with E-state index in [0.717, 1.165) is 5.56 Å². The van der Waals surface area contributed by atoms with Crippen molar-refractivity contribution >= 4 is 10.0 Å². The molecule has 0 heterocycles. The predicted molar refractivity (Wildman–Crippen MR) is 76.5 cm³/mol. The molecule has 1 rings (SSSR count). The smallest absolute Gasteiger partial charge is 0.243 e. The second-order valence-corrected chi connectivity index (χ2v) is 6.26. The van der Waals surface area contributed by atoms with Gasteiger partial charge in [-0.1, -0.05) is 29.8 Å². The molecule has 19 heavy (non-hydrogen) atoms. The van der Waals surface area contributed by atoms with Crippen LogP contribution in [0.3, 0.4) is 0 Å². The Labute approximate surface area is 115 Å². The molecule has 0 spiro atoms. The van der Waals surface area contributed by atoms with E-state index in [1.54, 1.807) is 30.3 Å².